The molecule has 1 aromatic rings. The summed E-state index contributed by atoms with van der Waals surface area (Å²) in [6.07, 6.45) is 0.646. The van der Waals surface area contributed by atoms with Gasteiger partial charge in [-0.2, -0.15) is 0 Å². The number of methoxy groups -OCH3 is 1. The van der Waals surface area contributed by atoms with Crippen LogP contribution in [0.15, 0.2) is 24.3 Å². The number of fused-ring (bicyclic) bond motifs is 1. The number of rotatable bonds is 5. The van der Waals surface area contributed by atoms with E-state index in [-0.39, 0.29) is 35.6 Å². The molecule has 0 N–H and O–H groups in total. The minimum atomic E-state index is -0.895. The van der Waals surface area contributed by atoms with Crippen LogP contribution in [0.2, 0.25) is 0 Å². The number of ketones is 1. The molecule has 0 unspecified atom stereocenters. The Morgan fingerprint density at radius 2 is 1.92 bits per heavy atom. The first-order valence-corrected chi connectivity index (χ1v) is 8.59. The molecule has 0 spiro atoms. The van der Waals surface area contributed by atoms with Crippen LogP contribution in [-0.2, 0) is 19.1 Å². The van der Waals surface area contributed by atoms with E-state index in [1.54, 1.807) is 38.3 Å². The van der Waals surface area contributed by atoms with Crippen LogP contribution in [0.25, 0.3) is 0 Å². The largest absolute Gasteiger partial charge is 0.497 e. The normalized spacial score (nSPS) is 33.0. The van der Waals surface area contributed by atoms with E-state index in [2.05, 4.69) is 0 Å². The highest BCUT2D eigenvalue weighted by Crippen LogP contribution is 2.58. The molecule has 6 heteroatoms. The van der Waals surface area contributed by atoms with E-state index < -0.39 is 18.0 Å². The first kappa shape index (κ1) is 16.1. The lowest BCUT2D eigenvalue weighted by Crippen LogP contribution is -2.36. The fourth-order valence-electron chi connectivity index (χ4n) is 4.62. The van der Waals surface area contributed by atoms with Gasteiger partial charge in [0.1, 0.15) is 11.9 Å². The van der Waals surface area contributed by atoms with Crippen molar-refractivity contribution >= 4 is 17.7 Å². The van der Waals surface area contributed by atoms with Gasteiger partial charge in [-0.25, -0.2) is 0 Å². The summed E-state index contributed by atoms with van der Waals surface area (Å²) in [5.74, 6) is -0.953. The first-order chi connectivity index (χ1) is 12.0. The summed E-state index contributed by atoms with van der Waals surface area (Å²) in [6, 6.07) is 6.66. The molecule has 1 saturated heterocycles. The van der Waals surface area contributed by atoms with Crippen molar-refractivity contribution in [1.82, 2.24) is 0 Å². The molecule has 25 heavy (non-hydrogen) atoms. The summed E-state index contributed by atoms with van der Waals surface area (Å²) < 4.78 is 15.8. The molecule has 4 rings (SSSR count). The molecule has 6 nitrogen and oxygen atoms in total. The molecule has 3 aliphatic rings. The lowest BCUT2D eigenvalue weighted by atomic mass is 9.80. The van der Waals surface area contributed by atoms with E-state index in [1.807, 2.05) is 0 Å². The van der Waals surface area contributed by atoms with Crippen LogP contribution in [-0.4, -0.2) is 37.0 Å². The fourth-order valence-corrected chi connectivity index (χ4v) is 4.62. The van der Waals surface area contributed by atoms with Crippen molar-refractivity contribution in [2.75, 3.05) is 7.11 Å². The quantitative estimate of drug-likeness (QED) is 0.600. The maximum atomic E-state index is 12.6. The van der Waals surface area contributed by atoms with Crippen molar-refractivity contribution < 1.29 is 28.6 Å². The van der Waals surface area contributed by atoms with Gasteiger partial charge in [-0.05, 0) is 49.9 Å². The van der Waals surface area contributed by atoms with Gasteiger partial charge < -0.3 is 14.2 Å². The van der Waals surface area contributed by atoms with Gasteiger partial charge >= 0.3 is 11.9 Å². The molecule has 2 aliphatic carbocycles. The molecule has 1 heterocycles. The molecule has 3 fully saturated rings. The average Bonchev–Trinajstić information content (AvgIpc) is 3.23. The van der Waals surface area contributed by atoms with Crippen molar-refractivity contribution in [1.29, 1.82) is 0 Å². The van der Waals surface area contributed by atoms with Crippen LogP contribution in [0.1, 0.15) is 30.1 Å². The van der Waals surface area contributed by atoms with E-state index in [0.29, 0.717) is 11.3 Å². The van der Waals surface area contributed by atoms with Gasteiger partial charge in [0.25, 0.3) is 0 Å². The van der Waals surface area contributed by atoms with Gasteiger partial charge in [0, 0.05) is 11.5 Å². The summed E-state index contributed by atoms with van der Waals surface area (Å²) in [6.45, 7) is 1.56. The monoisotopic (exact) mass is 344 g/mol. The van der Waals surface area contributed by atoms with Crippen LogP contribution >= 0.6 is 0 Å². The number of esters is 2. The standard InChI is InChI=1S/C19H20O6/c1-9(17(20)10-3-5-12(23-2)6-4-10)24-18(21)15-11-7-13-14(8-11)25-19(22)16(13)15/h3-6,9,11,13-16H,7-8H2,1-2H3/t9-,11+,13-,14+,15+,16-/m0/s1. The lowest BCUT2D eigenvalue weighted by Gasteiger charge is -2.24. The fraction of sp³-hybridized carbons (Fsp3) is 0.526. The summed E-state index contributed by atoms with van der Waals surface area (Å²) in [5, 5.41) is 0. The van der Waals surface area contributed by atoms with Crippen LogP contribution < -0.4 is 4.74 Å². The van der Waals surface area contributed by atoms with Crippen LogP contribution in [0.3, 0.4) is 0 Å². The average molecular weight is 344 g/mol. The summed E-state index contributed by atoms with van der Waals surface area (Å²) >= 11 is 0. The number of carbonyl (C=O) groups excluding carboxylic acids is 3. The zero-order valence-electron chi connectivity index (χ0n) is 14.1. The topological polar surface area (TPSA) is 78.9 Å². The Morgan fingerprint density at radius 3 is 2.60 bits per heavy atom. The van der Waals surface area contributed by atoms with Crippen molar-refractivity contribution in [3.8, 4) is 5.75 Å². The second kappa shape index (κ2) is 5.86. The molecule has 0 aromatic heterocycles. The highest BCUT2D eigenvalue weighted by atomic mass is 16.6. The van der Waals surface area contributed by atoms with E-state index in [9.17, 15) is 14.4 Å². The van der Waals surface area contributed by atoms with Crippen LogP contribution in [0, 0.1) is 23.7 Å². The molecule has 2 bridgehead atoms. The van der Waals surface area contributed by atoms with Gasteiger partial charge in [-0.3, -0.25) is 14.4 Å². The Hall–Kier alpha value is -2.37. The third kappa shape index (κ3) is 2.51. The van der Waals surface area contributed by atoms with Gasteiger partial charge in [-0.15, -0.1) is 0 Å². The number of carbonyl (C=O) groups is 3. The van der Waals surface area contributed by atoms with Gasteiger partial charge in [0.15, 0.2) is 6.10 Å². The van der Waals surface area contributed by atoms with Crippen LogP contribution in [0.4, 0.5) is 0 Å². The molecule has 0 radical (unpaired) electrons. The Bertz CT molecular complexity index is 722. The molecule has 1 aliphatic heterocycles. The van der Waals surface area contributed by atoms with Crippen molar-refractivity contribution in [2.45, 2.75) is 32.0 Å². The first-order valence-electron chi connectivity index (χ1n) is 8.59. The van der Waals surface area contributed by atoms with Gasteiger partial charge in [0.2, 0.25) is 5.78 Å². The molecule has 1 aromatic carbocycles. The zero-order valence-corrected chi connectivity index (χ0v) is 14.1. The Balaban J connectivity index is 1.43. The summed E-state index contributed by atoms with van der Waals surface area (Å²) in [4.78, 5) is 37.1. The van der Waals surface area contributed by atoms with E-state index in [1.165, 1.54) is 0 Å². The molecule has 0 amide bonds. The Kier molecular flexibility index (Phi) is 3.78. The number of hydrogen-bond acceptors (Lipinski definition) is 6. The SMILES string of the molecule is COc1ccc(C(=O)[C@H](C)OC(=O)[C@@H]2[C@@H]3C[C@@H]4[C@@H]2C(=O)O[C@@H]4C3)cc1. The van der Waals surface area contributed by atoms with Gasteiger partial charge in [-0.1, -0.05) is 0 Å². The predicted molar refractivity (Wildman–Crippen MR) is 86.0 cm³/mol. The molecule has 132 valence electrons. The number of Topliss-reactive ketones (excluding diaryl/α,β-unsaturated/α-hetero) is 1. The van der Waals surface area contributed by atoms with Crippen LogP contribution in [0.5, 0.6) is 5.75 Å². The third-order valence-electron chi connectivity index (χ3n) is 5.79. The maximum absolute atomic E-state index is 12.6. The number of benzene rings is 1. The van der Waals surface area contributed by atoms with Crippen molar-refractivity contribution in [2.24, 2.45) is 23.7 Å². The van der Waals surface area contributed by atoms with Gasteiger partial charge in [0.05, 0.1) is 18.9 Å². The van der Waals surface area contributed by atoms with Crippen molar-refractivity contribution in [3.05, 3.63) is 29.8 Å². The summed E-state index contributed by atoms with van der Waals surface area (Å²) in [7, 11) is 1.55. The molecule has 2 saturated carbocycles. The highest BCUT2D eigenvalue weighted by Gasteiger charge is 2.64. The predicted octanol–water partition coefficient (Wildman–Crippen LogP) is 2.01. The van der Waals surface area contributed by atoms with E-state index >= 15 is 0 Å². The third-order valence-corrected chi connectivity index (χ3v) is 5.79. The maximum Gasteiger partial charge on any atom is 0.310 e. The Morgan fingerprint density at radius 1 is 1.20 bits per heavy atom. The molecular formula is C19H20O6. The number of hydrogen-bond donors (Lipinski definition) is 0. The Labute approximate surface area is 145 Å². The zero-order chi connectivity index (χ0) is 17.7. The summed E-state index contributed by atoms with van der Waals surface area (Å²) in [5.41, 5.74) is 0.453. The van der Waals surface area contributed by atoms with E-state index in [0.717, 1.165) is 12.8 Å². The smallest absolute Gasteiger partial charge is 0.310 e. The number of ether oxygens (including phenoxy) is 3. The second-order valence-electron chi connectivity index (χ2n) is 7.09. The molecule has 6 atom stereocenters. The second-order valence-corrected chi connectivity index (χ2v) is 7.09. The minimum Gasteiger partial charge on any atom is -0.497 e. The molecular weight excluding hydrogens is 324 g/mol. The van der Waals surface area contributed by atoms with Crippen molar-refractivity contribution in [3.63, 3.8) is 0 Å². The highest BCUT2D eigenvalue weighted by molar-refractivity contribution is 6.00. The van der Waals surface area contributed by atoms with E-state index in [4.69, 9.17) is 14.2 Å². The minimum absolute atomic E-state index is 0.0232. The lowest BCUT2D eigenvalue weighted by molar-refractivity contribution is -0.157.